The topological polar surface area (TPSA) is 48.1 Å². The molecule has 100 valence electrons. The summed E-state index contributed by atoms with van der Waals surface area (Å²) in [7, 11) is 0. The third kappa shape index (κ3) is 3.15. The van der Waals surface area contributed by atoms with E-state index in [1.807, 2.05) is 0 Å². The van der Waals surface area contributed by atoms with E-state index >= 15 is 0 Å². The Kier molecular flexibility index (Phi) is 3.59. The smallest absolute Gasteiger partial charge is 0.429 e. The summed E-state index contributed by atoms with van der Waals surface area (Å²) < 4.78 is 44.1. The van der Waals surface area contributed by atoms with Gasteiger partial charge >= 0.3 is 6.18 Å². The van der Waals surface area contributed by atoms with Gasteiger partial charge in [0.2, 0.25) is 6.10 Å². The van der Waals surface area contributed by atoms with E-state index in [0.717, 1.165) is 6.20 Å². The van der Waals surface area contributed by atoms with Crippen molar-refractivity contribution in [2.24, 2.45) is 0 Å². The Morgan fingerprint density at radius 3 is 2.42 bits per heavy atom. The lowest BCUT2D eigenvalue weighted by atomic mass is 10.1. The van der Waals surface area contributed by atoms with Crippen LogP contribution in [-0.2, 0) is 0 Å². The Bertz CT molecular complexity index is 543. The molecular weight excluding hydrogens is 257 g/mol. The van der Waals surface area contributed by atoms with E-state index in [9.17, 15) is 13.2 Å². The Hall–Kier alpha value is -2.24. The van der Waals surface area contributed by atoms with Crippen molar-refractivity contribution in [1.29, 1.82) is 0 Å². The Balaban J connectivity index is 2.33. The zero-order valence-corrected chi connectivity index (χ0v) is 9.76. The normalized spacial score (nSPS) is 13.0. The summed E-state index contributed by atoms with van der Waals surface area (Å²) in [5, 5.41) is 0. The number of anilines is 1. The maximum absolute atomic E-state index is 13.0. The first kappa shape index (κ1) is 13.2. The van der Waals surface area contributed by atoms with Gasteiger partial charge < -0.3 is 10.5 Å². The minimum atomic E-state index is -4.55. The number of para-hydroxylation sites is 2. The van der Waals surface area contributed by atoms with Gasteiger partial charge in [-0.25, -0.2) is 0 Å². The van der Waals surface area contributed by atoms with E-state index in [1.54, 1.807) is 12.1 Å². The zero-order valence-electron chi connectivity index (χ0n) is 9.76. The molecule has 2 aromatic rings. The molecule has 19 heavy (non-hydrogen) atoms. The highest BCUT2D eigenvalue weighted by atomic mass is 19.4. The van der Waals surface area contributed by atoms with E-state index in [-0.39, 0.29) is 17.0 Å². The molecule has 0 radical (unpaired) electrons. The molecule has 2 rings (SSSR count). The van der Waals surface area contributed by atoms with Crippen LogP contribution in [0.15, 0.2) is 48.8 Å². The maximum atomic E-state index is 13.0. The Labute approximate surface area is 107 Å². The summed E-state index contributed by atoms with van der Waals surface area (Å²) in [4.78, 5) is 3.67. The molecule has 1 aromatic heterocycles. The van der Waals surface area contributed by atoms with E-state index in [1.165, 1.54) is 30.5 Å². The van der Waals surface area contributed by atoms with Gasteiger partial charge in [0, 0.05) is 18.0 Å². The first-order valence-corrected chi connectivity index (χ1v) is 5.46. The maximum Gasteiger partial charge on any atom is 0.429 e. The second-order valence-electron chi connectivity index (χ2n) is 3.86. The van der Waals surface area contributed by atoms with E-state index < -0.39 is 12.3 Å². The van der Waals surface area contributed by atoms with Crippen LogP contribution in [0.2, 0.25) is 0 Å². The largest absolute Gasteiger partial charge is 0.474 e. The number of aromatic nitrogens is 1. The van der Waals surface area contributed by atoms with Crippen molar-refractivity contribution in [1.82, 2.24) is 4.98 Å². The SMILES string of the molecule is Nc1ccccc1OC(c1cccnc1)C(F)(F)F. The van der Waals surface area contributed by atoms with Crippen LogP contribution in [0.5, 0.6) is 5.75 Å². The molecule has 6 heteroatoms. The molecule has 1 atom stereocenters. The molecule has 0 fully saturated rings. The number of ether oxygens (including phenoxy) is 1. The van der Waals surface area contributed by atoms with Crippen molar-refractivity contribution in [3.8, 4) is 5.75 Å². The van der Waals surface area contributed by atoms with Crippen LogP contribution in [0, 0.1) is 0 Å². The monoisotopic (exact) mass is 268 g/mol. The van der Waals surface area contributed by atoms with Crippen molar-refractivity contribution in [3.63, 3.8) is 0 Å². The van der Waals surface area contributed by atoms with Crippen LogP contribution >= 0.6 is 0 Å². The predicted molar refractivity (Wildman–Crippen MR) is 64.5 cm³/mol. The van der Waals surface area contributed by atoms with Gasteiger partial charge in [-0.05, 0) is 18.2 Å². The summed E-state index contributed by atoms with van der Waals surface area (Å²) in [5.74, 6) is -0.00585. The summed E-state index contributed by atoms with van der Waals surface area (Å²) in [5.41, 5.74) is 5.66. The van der Waals surface area contributed by atoms with Crippen molar-refractivity contribution < 1.29 is 17.9 Å². The number of nitrogens with two attached hydrogens (primary N) is 1. The first-order valence-electron chi connectivity index (χ1n) is 5.46. The molecular formula is C13H11F3N2O. The zero-order chi connectivity index (χ0) is 13.9. The third-order valence-corrected chi connectivity index (χ3v) is 2.45. The number of halogens is 3. The van der Waals surface area contributed by atoms with Gasteiger partial charge in [-0.2, -0.15) is 13.2 Å². The number of pyridine rings is 1. The summed E-state index contributed by atoms with van der Waals surface area (Å²) >= 11 is 0. The van der Waals surface area contributed by atoms with Crippen molar-refractivity contribution in [2.75, 3.05) is 5.73 Å². The lowest BCUT2D eigenvalue weighted by Crippen LogP contribution is -2.26. The fraction of sp³-hybridized carbons (Fsp3) is 0.154. The number of hydrogen-bond donors (Lipinski definition) is 1. The lowest BCUT2D eigenvalue weighted by molar-refractivity contribution is -0.197. The molecule has 0 saturated carbocycles. The van der Waals surface area contributed by atoms with Crippen molar-refractivity contribution in [2.45, 2.75) is 12.3 Å². The number of benzene rings is 1. The standard InChI is InChI=1S/C13H11F3N2O/c14-13(15,16)12(9-4-3-7-18-8-9)19-11-6-2-1-5-10(11)17/h1-8,12H,17H2. The second-order valence-corrected chi connectivity index (χ2v) is 3.86. The molecule has 0 bridgehead atoms. The van der Waals surface area contributed by atoms with Crippen LogP contribution in [0.3, 0.4) is 0 Å². The molecule has 3 nitrogen and oxygen atoms in total. The highest BCUT2D eigenvalue weighted by Gasteiger charge is 2.43. The number of nitrogens with zero attached hydrogens (tertiary/aromatic N) is 1. The quantitative estimate of drug-likeness (QED) is 0.868. The van der Waals surface area contributed by atoms with E-state index in [4.69, 9.17) is 10.5 Å². The molecule has 1 unspecified atom stereocenters. The van der Waals surface area contributed by atoms with Gasteiger partial charge in [-0.3, -0.25) is 4.98 Å². The van der Waals surface area contributed by atoms with Crippen LogP contribution < -0.4 is 10.5 Å². The fourth-order valence-electron chi connectivity index (χ4n) is 1.57. The molecule has 0 saturated heterocycles. The van der Waals surface area contributed by atoms with Gasteiger partial charge in [0.25, 0.3) is 0 Å². The molecule has 0 aliphatic heterocycles. The average Bonchev–Trinajstić information content (AvgIpc) is 2.37. The molecule has 0 aliphatic rings. The van der Waals surface area contributed by atoms with Crippen LogP contribution in [0.25, 0.3) is 0 Å². The third-order valence-electron chi connectivity index (χ3n) is 2.45. The van der Waals surface area contributed by atoms with E-state index in [0.29, 0.717) is 0 Å². The molecule has 2 N–H and O–H groups in total. The average molecular weight is 268 g/mol. The Morgan fingerprint density at radius 2 is 1.84 bits per heavy atom. The minimum absolute atomic E-state index is 0.00585. The van der Waals surface area contributed by atoms with Crippen molar-refractivity contribution in [3.05, 3.63) is 54.4 Å². The fourth-order valence-corrected chi connectivity index (χ4v) is 1.57. The van der Waals surface area contributed by atoms with Gasteiger partial charge in [-0.1, -0.05) is 18.2 Å². The van der Waals surface area contributed by atoms with Crippen LogP contribution in [0.1, 0.15) is 11.7 Å². The second kappa shape index (κ2) is 5.17. The number of nitrogen functional groups attached to an aromatic ring is 1. The number of alkyl halides is 3. The predicted octanol–water partition coefficient (Wildman–Crippen LogP) is 3.35. The molecule has 0 spiro atoms. The van der Waals surface area contributed by atoms with Crippen molar-refractivity contribution >= 4 is 5.69 Å². The van der Waals surface area contributed by atoms with Crippen LogP contribution in [-0.4, -0.2) is 11.2 Å². The first-order chi connectivity index (χ1) is 8.98. The summed E-state index contributed by atoms with van der Waals surface area (Å²) in [6.45, 7) is 0. The number of hydrogen-bond acceptors (Lipinski definition) is 3. The highest BCUT2D eigenvalue weighted by molar-refractivity contribution is 5.52. The van der Waals surface area contributed by atoms with Crippen LogP contribution in [0.4, 0.5) is 18.9 Å². The van der Waals surface area contributed by atoms with Gasteiger partial charge in [0.1, 0.15) is 5.75 Å². The lowest BCUT2D eigenvalue weighted by Gasteiger charge is -2.22. The van der Waals surface area contributed by atoms with Gasteiger partial charge in [-0.15, -0.1) is 0 Å². The minimum Gasteiger partial charge on any atom is -0.474 e. The van der Waals surface area contributed by atoms with E-state index in [2.05, 4.69) is 4.98 Å². The molecule has 1 aromatic carbocycles. The summed E-state index contributed by atoms with van der Waals surface area (Å²) in [6.07, 6.45) is -4.12. The highest BCUT2D eigenvalue weighted by Crippen LogP contribution is 2.37. The Morgan fingerprint density at radius 1 is 1.11 bits per heavy atom. The number of rotatable bonds is 3. The molecule has 0 aliphatic carbocycles. The van der Waals surface area contributed by atoms with Gasteiger partial charge in [0.15, 0.2) is 0 Å². The molecule has 0 amide bonds. The molecule has 1 heterocycles. The summed E-state index contributed by atoms with van der Waals surface area (Å²) in [6, 6.07) is 8.78. The van der Waals surface area contributed by atoms with Gasteiger partial charge in [0.05, 0.1) is 5.69 Å².